The van der Waals surface area contributed by atoms with E-state index in [4.69, 9.17) is 14.0 Å². The van der Waals surface area contributed by atoms with Gasteiger partial charge in [0.05, 0.1) is 17.9 Å². The second-order valence-corrected chi connectivity index (χ2v) is 6.13. The zero-order chi connectivity index (χ0) is 19.5. The molecule has 0 unspecified atom stereocenters. The molecule has 2 heterocycles. The standard InChI is InChI=1S/C19H15N3O6/c23-19(7-12-1-4-15(5-2-12)22(24)25)20-10-14-9-17(28-21-14)13-3-6-16-18(8-13)27-11-26-16/h1-6,8-9H,7,10-11H2,(H,20,23). The van der Waals surface area contributed by atoms with Crippen LogP contribution in [0.15, 0.2) is 53.1 Å². The van der Waals surface area contributed by atoms with Crippen molar-refractivity contribution in [1.82, 2.24) is 10.5 Å². The van der Waals surface area contributed by atoms with E-state index in [9.17, 15) is 14.9 Å². The Labute approximate surface area is 159 Å². The Morgan fingerprint density at radius 3 is 2.68 bits per heavy atom. The molecule has 142 valence electrons. The Kier molecular flexibility index (Phi) is 4.63. The Bertz CT molecular complexity index is 1030. The molecule has 0 aliphatic carbocycles. The number of hydrogen-bond acceptors (Lipinski definition) is 7. The number of nitro benzene ring substituents is 1. The van der Waals surface area contributed by atoms with E-state index in [0.717, 1.165) is 5.56 Å². The van der Waals surface area contributed by atoms with Crippen molar-refractivity contribution in [3.63, 3.8) is 0 Å². The summed E-state index contributed by atoms with van der Waals surface area (Å²) in [6.07, 6.45) is 0.116. The van der Waals surface area contributed by atoms with Gasteiger partial charge in [-0.05, 0) is 23.8 Å². The van der Waals surface area contributed by atoms with Gasteiger partial charge in [-0.25, -0.2) is 0 Å². The summed E-state index contributed by atoms with van der Waals surface area (Å²) >= 11 is 0. The highest BCUT2D eigenvalue weighted by molar-refractivity contribution is 5.78. The summed E-state index contributed by atoms with van der Waals surface area (Å²) in [6, 6.07) is 13.0. The number of ether oxygens (including phenoxy) is 2. The lowest BCUT2D eigenvalue weighted by Crippen LogP contribution is -2.24. The van der Waals surface area contributed by atoms with Gasteiger partial charge in [0.15, 0.2) is 17.3 Å². The van der Waals surface area contributed by atoms with Crippen LogP contribution in [-0.4, -0.2) is 22.8 Å². The fraction of sp³-hybridized carbons (Fsp3) is 0.158. The quantitative estimate of drug-likeness (QED) is 0.515. The fourth-order valence-corrected chi connectivity index (χ4v) is 2.75. The third kappa shape index (κ3) is 3.78. The van der Waals surface area contributed by atoms with E-state index in [2.05, 4.69) is 10.5 Å². The van der Waals surface area contributed by atoms with Gasteiger partial charge in [-0.15, -0.1) is 0 Å². The van der Waals surface area contributed by atoms with Crippen LogP contribution >= 0.6 is 0 Å². The third-order valence-electron chi connectivity index (χ3n) is 4.19. The molecule has 3 aromatic rings. The van der Waals surface area contributed by atoms with Crippen LogP contribution in [0.5, 0.6) is 11.5 Å². The first kappa shape index (κ1) is 17.5. The number of nitro groups is 1. The zero-order valence-corrected chi connectivity index (χ0v) is 14.6. The number of rotatable bonds is 6. The van der Waals surface area contributed by atoms with Crippen LogP contribution in [0.2, 0.25) is 0 Å². The van der Waals surface area contributed by atoms with Gasteiger partial charge in [0.2, 0.25) is 12.7 Å². The summed E-state index contributed by atoms with van der Waals surface area (Å²) in [5.41, 5.74) is 2.04. The molecule has 0 bridgehead atoms. The molecule has 1 N–H and O–H groups in total. The molecule has 4 rings (SSSR count). The molecule has 0 radical (unpaired) electrons. The van der Waals surface area contributed by atoms with Crippen molar-refractivity contribution in [1.29, 1.82) is 0 Å². The molecule has 0 spiro atoms. The first-order valence-corrected chi connectivity index (χ1v) is 8.44. The van der Waals surface area contributed by atoms with Gasteiger partial charge >= 0.3 is 0 Å². The molecule has 2 aromatic carbocycles. The molecule has 0 atom stereocenters. The first-order chi connectivity index (χ1) is 13.6. The average Bonchev–Trinajstić information content (AvgIpc) is 3.35. The maximum Gasteiger partial charge on any atom is 0.269 e. The monoisotopic (exact) mass is 381 g/mol. The lowest BCUT2D eigenvalue weighted by atomic mass is 10.1. The largest absolute Gasteiger partial charge is 0.454 e. The number of amides is 1. The highest BCUT2D eigenvalue weighted by Gasteiger charge is 2.16. The molecule has 1 aromatic heterocycles. The topological polar surface area (TPSA) is 117 Å². The number of carbonyl (C=O) groups excluding carboxylic acids is 1. The normalized spacial score (nSPS) is 12.0. The number of non-ortho nitro benzene ring substituents is 1. The van der Waals surface area contributed by atoms with Gasteiger partial charge in [0, 0.05) is 23.8 Å². The van der Waals surface area contributed by atoms with Crippen molar-refractivity contribution in [2.24, 2.45) is 0 Å². The predicted molar refractivity (Wildman–Crippen MR) is 96.7 cm³/mol. The summed E-state index contributed by atoms with van der Waals surface area (Å²) in [7, 11) is 0. The van der Waals surface area contributed by atoms with Crippen molar-refractivity contribution in [3.05, 3.63) is 69.9 Å². The SMILES string of the molecule is O=C(Cc1ccc([N+](=O)[O-])cc1)NCc1cc(-c2ccc3c(c2)OCO3)on1. The van der Waals surface area contributed by atoms with Gasteiger partial charge < -0.3 is 19.3 Å². The van der Waals surface area contributed by atoms with Crippen LogP contribution in [0, 0.1) is 10.1 Å². The molecule has 9 heteroatoms. The van der Waals surface area contributed by atoms with Crippen molar-refractivity contribution in [2.75, 3.05) is 6.79 Å². The van der Waals surface area contributed by atoms with Crippen molar-refractivity contribution < 1.29 is 23.7 Å². The van der Waals surface area contributed by atoms with Gasteiger partial charge in [0.25, 0.3) is 5.69 Å². The second-order valence-electron chi connectivity index (χ2n) is 6.13. The number of nitrogens with one attached hydrogen (secondary N) is 1. The van der Waals surface area contributed by atoms with E-state index >= 15 is 0 Å². The molecular formula is C19H15N3O6. The summed E-state index contributed by atoms with van der Waals surface area (Å²) in [5.74, 6) is 1.66. The molecular weight excluding hydrogens is 366 g/mol. The van der Waals surface area contributed by atoms with Crippen LogP contribution in [0.25, 0.3) is 11.3 Å². The van der Waals surface area contributed by atoms with E-state index in [-0.39, 0.29) is 31.4 Å². The van der Waals surface area contributed by atoms with E-state index < -0.39 is 4.92 Å². The Morgan fingerprint density at radius 1 is 1.11 bits per heavy atom. The van der Waals surface area contributed by atoms with Gasteiger partial charge in [-0.2, -0.15) is 0 Å². The summed E-state index contributed by atoms with van der Waals surface area (Å²) < 4.78 is 16.0. The Morgan fingerprint density at radius 2 is 1.89 bits per heavy atom. The minimum atomic E-state index is -0.480. The minimum Gasteiger partial charge on any atom is -0.454 e. The van der Waals surface area contributed by atoms with Gasteiger partial charge in [-0.1, -0.05) is 17.3 Å². The summed E-state index contributed by atoms with van der Waals surface area (Å²) in [6.45, 7) is 0.404. The summed E-state index contributed by atoms with van der Waals surface area (Å²) in [4.78, 5) is 22.2. The molecule has 28 heavy (non-hydrogen) atoms. The van der Waals surface area contributed by atoms with Crippen LogP contribution < -0.4 is 14.8 Å². The smallest absolute Gasteiger partial charge is 0.269 e. The zero-order valence-electron chi connectivity index (χ0n) is 14.6. The van der Waals surface area contributed by atoms with E-state index in [1.165, 1.54) is 12.1 Å². The molecule has 1 amide bonds. The van der Waals surface area contributed by atoms with Gasteiger partial charge in [-0.3, -0.25) is 14.9 Å². The number of benzene rings is 2. The molecule has 1 aliphatic rings. The predicted octanol–water partition coefficient (Wildman–Crippen LogP) is 2.84. The maximum absolute atomic E-state index is 12.1. The maximum atomic E-state index is 12.1. The minimum absolute atomic E-state index is 0.0113. The average molecular weight is 381 g/mol. The summed E-state index contributed by atoms with van der Waals surface area (Å²) in [5, 5.41) is 17.4. The van der Waals surface area contributed by atoms with E-state index in [0.29, 0.717) is 28.5 Å². The lowest BCUT2D eigenvalue weighted by Gasteiger charge is -2.03. The van der Waals surface area contributed by atoms with E-state index in [1.807, 2.05) is 6.07 Å². The van der Waals surface area contributed by atoms with Crippen LogP contribution in [-0.2, 0) is 17.8 Å². The van der Waals surface area contributed by atoms with Crippen molar-refractivity contribution >= 4 is 11.6 Å². The third-order valence-corrected chi connectivity index (χ3v) is 4.19. The molecule has 9 nitrogen and oxygen atoms in total. The van der Waals surface area contributed by atoms with E-state index in [1.54, 1.807) is 30.3 Å². The molecule has 0 fully saturated rings. The van der Waals surface area contributed by atoms with Crippen LogP contribution in [0.4, 0.5) is 5.69 Å². The van der Waals surface area contributed by atoms with Crippen LogP contribution in [0.1, 0.15) is 11.3 Å². The van der Waals surface area contributed by atoms with Crippen molar-refractivity contribution in [2.45, 2.75) is 13.0 Å². The molecule has 0 saturated carbocycles. The number of hydrogen-bond donors (Lipinski definition) is 1. The highest BCUT2D eigenvalue weighted by atomic mass is 16.7. The van der Waals surface area contributed by atoms with Crippen LogP contribution in [0.3, 0.4) is 0 Å². The molecule has 1 aliphatic heterocycles. The number of nitrogens with zero attached hydrogens (tertiary/aromatic N) is 2. The lowest BCUT2D eigenvalue weighted by molar-refractivity contribution is -0.384. The number of aromatic nitrogens is 1. The second kappa shape index (κ2) is 7.39. The highest BCUT2D eigenvalue weighted by Crippen LogP contribution is 2.35. The molecule has 0 saturated heterocycles. The van der Waals surface area contributed by atoms with Crippen molar-refractivity contribution in [3.8, 4) is 22.8 Å². The first-order valence-electron chi connectivity index (χ1n) is 8.44. The fourth-order valence-electron chi connectivity index (χ4n) is 2.75. The Hall–Kier alpha value is -3.88. The Balaban J connectivity index is 1.34. The van der Waals surface area contributed by atoms with Gasteiger partial charge in [0.1, 0.15) is 5.69 Å². The number of fused-ring (bicyclic) bond motifs is 1. The number of carbonyl (C=O) groups is 1.